The van der Waals surface area contributed by atoms with Crippen molar-refractivity contribution in [2.45, 2.75) is 13.3 Å². The molecule has 2 heterocycles. The van der Waals surface area contributed by atoms with Crippen molar-refractivity contribution in [2.24, 2.45) is 0 Å². The highest BCUT2D eigenvalue weighted by atomic mass is 16.5. The van der Waals surface area contributed by atoms with E-state index in [0.29, 0.717) is 17.4 Å². The zero-order valence-corrected chi connectivity index (χ0v) is 9.92. The maximum absolute atomic E-state index is 5.36. The lowest BCUT2D eigenvalue weighted by Gasteiger charge is -2.12. The first-order valence-electron chi connectivity index (χ1n) is 5.48. The van der Waals surface area contributed by atoms with Crippen LogP contribution in [0, 0.1) is 0 Å². The Labute approximate surface area is 99.7 Å². The molecule has 0 aromatic carbocycles. The summed E-state index contributed by atoms with van der Waals surface area (Å²) < 4.78 is 7.15. The molecule has 0 aliphatic heterocycles. The molecule has 0 unspecified atom stereocenters. The van der Waals surface area contributed by atoms with Crippen LogP contribution in [0.1, 0.15) is 13.3 Å². The van der Waals surface area contributed by atoms with E-state index >= 15 is 0 Å². The zero-order chi connectivity index (χ0) is 12.1. The highest BCUT2D eigenvalue weighted by Gasteiger charge is 2.12. The molecule has 2 aromatic rings. The SMILES string of the molecule is CCCNc1ncnc(-n2ccnc2)c1OC. The van der Waals surface area contributed by atoms with E-state index in [-0.39, 0.29) is 0 Å². The van der Waals surface area contributed by atoms with Gasteiger partial charge in [-0.05, 0) is 6.42 Å². The van der Waals surface area contributed by atoms with Gasteiger partial charge in [-0.3, -0.25) is 4.57 Å². The molecule has 0 saturated carbocycles. The average Bonchev–Trinajstić information content (AvgIpc) is 2.89. The molecule has 0 aliphatic carbocycles. The molecule has 17 heavy (non-hydrogen) atoms. The second-order valence-electron chi connectivity index (χ2n) is 3.48. The van der Waals surface area contributed by atoms with E-state index in [1.165, 1.54) is 6.33 Å². The molecule has 0 radical (unpaired) electrons. The first kappa shape index (κ1) is 11.4. The van der Waals surface area contributed by atoms with Crippen molar-refractivity contribution >= 4 is 5.82 Å². The van der Waals surface area contributed by atoms with Gasteiger partial charge < -0.3 is 10.1 Å². The van der Waals surface area contributed by atoms with Gasteiger partial charge in [0.1, 0.15) is 12.7 Å². The van der Waals surface area contributed by atoms with E-state index in [4.69, 9.17) is 4.74 Å². The van der Waals surface area contributed by atoms with E-state index in [0.717, 1.165) is 13.0 Å². The van der Waals surface area contributed by atoms with Crippen LogP contribution in [0.15, 0.2) is 25.0 Å². The van der Waals surface area contributed by atoms with Gasteiger partial charge in [0.05, 0.1) is 7.11 Å². The summed E-state index contributed by atoms with van der Waals surface area (Å²) >= 11 is 0. The second-order valence-corrected chi connectivity index (χ2v) is 3.48. The van der Waals surface area contributed by atoms with Crippen molar-refractivity contribution in [3.8, 4) is 11.6 Å². The minimum Gasteiger partial charge on any atom is -0.490 e. The third-order valence-corrected chi connectivity index (χ3v) is 2.28. The van der Waals surface area contributed by atoms with Gasteiger partial charge in [0.2, 0.25) is 5.75 Å². The standard InChI is InChI=1S/C11H15N5O/c1-3-4-13-10-9(17-2)11(15-7-14-10)16-6-5-12-8-16/h5-8H,3-4H2,1-2H3,(H,13,14,15). The fourth-order valence-electron chi connectivity index (χ4n) is 1.49. The van der Waals surface area contributed by atoms with Gasteiger partial charge in [-0.15, -0.1) is 0 Å². The molecule has 2 aromatic heterocycles. The first-order chi connectivity index (χ1) is 8.36. The minimum atomic E-state index is 0.624. The van der Waals surface area contributed by atoms with Gasteiger partial charge in [0.15, 0.2) is 11.6 Å². The van der Waals surface area contributed by atoms with E-state index in [1.807, 2.05) is 6.20 Å². The van der Waals surface area contributed by atoms with Crippen LogP contribution in [0.4, 0.5) is 5.82 Å². The lowest BCUT2D eigenvalue weighted by molar-refractivity contribution is 0.410. The highest BCUT2D eigenvalue weighted by Crippen LogP contribution is 2.27. The largest absolute Gasteiger partial charge is 0.490 e. The first-order valence-corrected chi connectivity index (χ1v) is 5.48. The third-order valence-electron chi connectivity index (χ3n) is 2.28. The summed E-state index contributed by atoms with van der Waals surface area (Å²) in [6.07, 6.45) is 7.72. The van der Waals surface area contributed by atoms with Crippen LogP contribution in [0.3, 0.4) is 0 Å². The Kier molecular flexibility index (Phi) is 3.54. The predicted molar refractivity (Wildman–Crippen MR) is 64.5 cm³/mol. The van der Waals surface area contributed by atoms with Crippen molar-refractivity contribution in [2.75, 3.05) is 19.0 Å². The number of nitrogens with zero attached hydrogens (tertiary/aromatic N) is 4. The summed E-state index contributed by atoms with van der Waals surface area (Å²) in [5, 5.41) is 3.21. The van der Waals surface area contributed by atoms with Gasteiger partial charge >= 0.3 is 0 Å². The van der Waals surface area contributed by atoms with E-state index in [9.17, 15) is 0 Å². The molecule has 0 saturated heterocycles. The van der Waals surface area contributed by atoms with Gasteiger partial charge in [0.25, 0.3) is 0 Å². The van der Waals surface area contributed by atoms with Crippen LogP contribution < -0.4 is 10.1 Å². The number of imidazole rings is 1. The fourth-order valence-corrected chi connectivity index (χ4v) is 1.49. The Hall–Kier alpha value is -2.11. The highest BCUT2D eigenvalue weighted by molar-refractivity contribution is 5.58. The van der Waals surface area contributed by atoms with Crippen LogP contribution in [-0.2, 0) is 0 Å². The molecular formula is C11H15N5O. The molecule has 0 atom stereocenters. The predicted octanol–water partition coefficient (Wildman–Crippen LogP) is 1.49. The summed E-state index contributed by atoms with van der Waals surface area (Å²) in [5.41, 5.74) is 0. The number of anilines is 1. The van der Waals surface area contributed by atoms with Crippen LogP contribution in [0.25, 0.3) is 5.82 Å². The van der Waals surface area contributed by atoms with Crippen molar-refractivity contribution in [1.29, 1.82) is 0 Å². The Morgan fingerprint density at radius 2 is 2.29 bits per heavy atom. The minimum absolute atomic E-state index is 0.624. The Morgan fingerprint density at radius 3 is 2.94 bits per heavy atom. The van der Waals surface area contributed by atoms with Crippen molar-refractivity contribution in [3.05, 3.63) is 25.0 Å². The van der Waals surface area contributed by atoms with Crippen LogP contribution >= 0.6 is 0 Å². The molecule has 1 N–H and O–H groups in total. The van der Waals surface area contributed by atoms with Crippen LogP contribution in [0.5, 0.6) is 5.75 Å². The van der Waals surface area contributed by atoms with E-state index in [2.05, 4.69) is 27.2 Å². The summed E-state index contributed by atoms with van der Waals surface area (Å²) in [4.78, 5) is 12.4. The molecular weight excluding hydrogens is 218 g/mol. The summed E-state index contributed by atoms with van der Waals surface area (Å²) in [6.45, 7) is 2.94. The van der Waals surface area contributed by atoms with Crippen molar-refractivity contribution in [3.63, 3.8) is 0 Å². The number of rotatable bonds is 5. The monoisotopic (exact) mass is 233 g/mol. The summed E-state index contributed by atoms with van der Waals surface area (Å²) in [5.74, 6) is 2.01. The number of hydrogen-bond acceptors (Lipinski definition) is 5. The number of hydrogen-bond donors (Lipinski definition) is 1. The Morgan fingerprint density at radius 1 is 1.41 bits per heavy atom. The molecule has 0 aliphatic rings. The zero-order valence-electron chi connectivity index (χ0n) is 9.92. The number of nitrogens with one attached hydrogen (secondary N) is 1. The van der Waals surface area contributed by atoms with E-state index < -0.39 is 0 Å². The van der Waals surface area contributed by atoms with Gasteiger partial charge in [-0.1, -0.05) is 6.92 Å². The summed E-state index contributed by atoms with van der Waals surface area (Å²) in [6, 6.07) is 0. The van der Waals surface area contributed by atoms with Gasteiger partial charge in [0, 0.05) is 18.9 Å². The topological polar surface area (TPSA) is 64.9 Å². The third kappa shape index (κ3) is 2.35. The maximum Gasteiger partial charge on any atom is 0.205 e. The molecule has 0 bridgehead atoms. The normalized spacial score (nSPS) is 10.2. The molecule has 0 spiro atoms. The smallest absolute Gasteiger partial charge is 0.205 e. The molecule has 6 nitrogen and oxygen atoms in total. The van der Waals surface area contributed by atoms with Crippen molar-refractivity contribution in [1.82, 2.24) is 19.5 Å². The average molecular weight is 233 g/mol. The lowest BCUT2D eigenvalue weighted by atomic mass is 10.4. The maximum atomic E-state index is 5.36. The Bertz CT molecular complexity index is 469. The number of methoxy groups -OCH3 is 1. The molecule has 2 rings (SSSR count). The second kappa shape index (κ2) is 5.29. The number of ether oxygens (including phenoxy) is 1. The molecule has 90 valence electrons. The number of aromatic nitrogens is 4. The molecule has 0 amide bonds. The fraction of sp³-hybridized carbons (Fsp3) is 0.364. The van der Waals surface area contributed by atoms with Gasteiger partial charge in [-0.25, -0.2) is 15.0 Å². The lowest BCUT2D eigenvalue weighted by Crippen LogP contribution is -2.08. The molecule has 6 heteroatoms. The van der Waals surface area contributed by atoms with Crippen LogP contribution in [0.2, 0.25) is 0 Å². The van der Waals surface area contributed by atoms with E-state index in [1.54, 1.807) is 24.2 Å². The summed E-state index contributed by atoms with van der Waals surface area (Å²) in [7, 11) is 1.61. The van der Waals surface area contributed by atoms with Gasteiger partial charge in [-0.2, -0.15) is 0 Å². The van der Waals surface area contributed by atoms with Crippen molar-refractivity contribution < 1.29 is 4.74 Å². The Balaban J connectivity index is 2.39. The quantitative estimate of drug-likeness (QED) is 0.847. The van der Waals surface area contributed by atoms with Crippen LogP contribution in [-0.4, -0.2) is 33.2 Å². The molecule has 0 fully saturated rings.